The molecular formula is C19H14ClN3O2. The van der Waals surface area contributed by atoms with Crippen LogP contribution in [-0.4, -0.2) is 27.6 Å². The number of benzene rings is 2. The molecule has 0 spiro atoms. The molecule has 4 rings (SSSR count). The number of carbonyl (C=O) groups is 1. The van der Waals surface area contributed by atoms with Crippen LogP contribution in [0.3, 0.4) is 0 Å². The highest BCUT2D eigenvalue weighted by molar-refractivity contribution is 6.30. The van der Waals surface area contributed by atoms with Crippen LogP contribution < -0.4 is 5.32 Å². The summed E-state index contributed by atoms with van der Waals surface area (Å²) >= 11 is 6.07. The molecule has 25 heavy (non-hydrogen) atoms. The van der Waals surface area contributed by atoms with Gasteiger partial charge in [0, 0.05) is 28.6 Å². The molecule has 0 fully saturated rings. The van der Waals surface area contributed by atoms with Crippen molar-refractivity contribution in [1.29, 1.82) is 0 Å². The summed E-state index contributed by atoms with van der Waals surface area (Å²) in [6, 6.07) is 11.1. The average Bonchev–Trinajstić information content (AvgIpc) is 3.02. The van der Waals surface area contributed by atoms with Crippen molar-refractivity contribution in [2.45, 2.75) is 5.92 Å². The molecule has 6 heteroatoms. The van der Waals surface area contributed by atoms with Crippen LogP contribution in [0.25, 0.3) is 16.5 Å². The summed E-state index contributed by atoms with van der Waals surface area (Å²) in [5.41, 5.74) is 4.35. The molecule has 1 aliphatic heterocycles. The predicted octanol–water partition coefficient (Wildman–Crippen LogP) is 3.94. The van der Waals surface area contributed by atoms with Gasteiger partial charge in [-0.3, -0.25) is 0 Å². The summed E-state index contributed by atoms with van der Waals surface area (Å²) in [5, 5.41) is 14.1. The number of anilines is 1. The summed E-state index contributed by atoms with van der Waals surface area (Å²) < 4.78 is 0. The minimum atomic E-state index is -1.04. The first-order valence-corrected chi connectivity index (χ1v) is 8.13. The number of halogens is 1. The number of aromatic nitrogens is 2. The van der Waals surface area contributed by atoms with Crippen molar-refractivity contribution >= 4 is 39.7 Å². The van der Waals surface area contributed by atoms with Crippen LogP contribution in [-0.2, 0) is 4.79 Å². The third kappa shape index (κ3) is 2.62. The van der Waals surface area contributed by atoms with Crippen molar-refractivity contribution in [2.24, 2.45) is 0 Å². The molecule has 1 atom stereocenters. The van der Waals surface area contributed by atoms with Gasteiger partial charge in [0.05, 0.1) is 16.8 Å². The van der Waals surface area contributed by atoms with E-state index >= 15 is 0 Å². The highest BCUT2D eigenvalue weighted by Gasteiger charge is 2.27. The van der Waals surface area contributed by atoms with E-state index in [0.717, 1.165) is 27.8 Å². The second-order valence-electron chi connectivity index (χ2n) is 5.94. The molecular weight excluding hydrogens is 338 g/mol. The molecule has 0 radical (unpaired) electrons. The van der Waals surface area contributed by atoms with Gasteiger partial charge in [0.15, 0.2) is 0 Å². The summed E-state index contributed by atoms with van der Waals surface area (Å²) in [4.78, 5) is 20.0. The first-order valence-electron chi connectivity index (χ1n) is 7.75. The van der Waals surface area contributed by atoms with Crippen LogP contribution in [0.5, 0.6) is 0 Å². The number of hydrogen-bond donors (Lipinski definition) is 2. The Hall–Kier alpha value is -2.92. The van der Waals surface area contributed by atoms with Crippen LogP contribution in [0, 0.1) is 0 Å². The van der Waals surface area contributed by atoms with Crippen molar-refractivity contribution in [3.8, 4) is 0 Å². The molecule has 0 saturated carbocycles. The molecule has 2 N–H and O–H groups in total. The Bertz CT molecular complexity index is 1030. The van der Waals surface area contributed by atoms with E-state index in [4.69, 9.17) is 11.6 Å². The minimum absolute atomic E-state index is 0.0473. The SMILES string of the molecule is C=C(C(=O)O)c1ccc2ncnc(C3CNc4cc(Cl)ccc43)c2c1. The Labute approximate surface area is 149 Å². The molecule has 3 aromatic rings. The zero-order valence-electron chi connectivity index (χ0n) is 13.2. The van der Waals surface area contributed by atoms with Gasteiger partial charge in [-0.25, -0.2) is 14.8 Å². The average molecular weight is 352 g/mol. The first-order chi connectivity index (χ1) is 12.0. The van der Waals surface area contributed by atoms with Crippen molar-refractivity contribution in [1.82, 2.24) is 9.97 Å². The smallest absolute Gasteiger partial charge is 0.335 e. The van der Waals surface area contributed by atoms with Crippen LogP contribution >= 0.6 is 11.6 Å². The maximum Gasteiger partial charge on any atom is 0.335 e. The third-order valence-electron chi connectivity index (χ3n) is 4.49. The predicted molar refractivity (Wildman–Crippen MR) is 98.0 cm³/mol. The fourth-order valence-electron chi connectivity index (χ4n) is 3.22. The van der Waals surface area contributed by atoms with Gasteiger partial charge >= 0.3 is 5.97 Å². The molecule has 2 heterocycles. The second kappa shape index (κ2) is 5.86. The highest BCUT2D eigenvalue weighted by Crippen LogP contribution is 2.39. The van der Waals surface area contributed by atoms with E-state index in [1.54, 1.807) is 18.2 Å². The molecule has 0 bridgehead atoms. The Morgan fingerprint density at radius 3 is 2.88 bits per heavy atom. The van der Waals surface area contributed by atoms with Gasteiger partial charge in [-0.2, -0.15) is 0 Å². The normalized spacial score (nSPS) is 15.6. The van der Waals surface area contributed by atoms with Crippen molar-refractivity contribution in [3.63, 3.8) is 0 Å². The number of carboxylic acids is 1. The fraction of sp³-hybridized carbons (Fsp3) is 0.105. The van der Waals surface area contributed by atoms with Crippen molar-refractivity contribution in [3.05, 3.63) is 71.1 Å². The topological polar surface area (TPSA) is 75.1 Å². The summed E-state index contributed by atoms with van der Waals surface area (Å²) in [6.07, 6.45) is 1.54. The van der Waals surface area contributed by atoms with Crippen LogP contribution in [0.4, 0.5) is 5.69 Å². The number of carboxylic acid groups (broad SMARTS) is 1. The summed E-state index contributed by atoms with van der Waals surface area (Å²) in [6.45, 7) is 4.34. The molecule has 0 aliphatic carbocycles. The molecule has 124 valence electrons. The van der Waals surface area contributed by atoms with Crippen molar-refractivity contribution in [2.75, 3.05) is 11.9 Å². The van der Waals surface area contributed by atoms with Gasteiger partial charge in [-0.05, 0) is 35.4 Å². The van der Waals surface area contributed by atoms with E-state index in [9.17, 15) is 9.90 Å². The van der Waals surface area contributed by atoms with E-state index < -0.39 is 5.97 Å². The van der Waals surface area contributed by atoms with E-state index in [1.165, 1.54) is 6.33 Å². The number of aliphatic carboxylic acids is 1. The molecule has 1 aliphatic rings. The van der Waals surface area contributed by atoms with Gasteiger partial charge in [-0.1, -0.05) is 30.3 Å². The fourth-order valence-corrected chi connectivity index (χ4v) is 3.39. The molecule has 0 saturated heterocycles. The van der Waals surface area contributed by atoms with Crippen LogP contribution in [0.15, 0.2) is 49.3 Å². The Kier molecular flexibility index (Phi) is 3.66. The standard InChI is InChI=1S/C19H14ClN3O2/c1-10(19(24)25)11-2-5-16-14(6-11)18(23-9-22-16)15-8-21-17-7-12(20)3-4-13(15)17/h2-7,9,15,21H,1,8H2,(H,24,25). The lowest BCUT2D eigenvalue weighted by molar-refractivity contribution is -0.130. The van der Waals surface area contributed by atoms with Gasteiger partial charge in [0.2, 0.25) is 0 Å². The molecule has 1 unspecified atom stereocenters. The maximum atomic E-state index is 11.2. The monoisotopic (exact) mass is 351 g/mol. The lowest BCUT2D eigenvalue weighted by Crippen LogP contribution is -2.07. The van der Waals surface area contributed by atoms with Crippen LogP contribution in [0.2, 0.25) is 5.02 Å². The maximum absolute atomic E-state index is 11.2. The van der Waals surface area contributed by atoms with E-state index in [1.807, 2.05) is 18.2 Å². The molecule has 0 amide bonds. The van der Waals surface area contributed by atoms with Gasteiger partial charge in [-0.15, -0.1) is 0 Å². The van der Waals surface area contributed by atoms with Gasteiger partial charge < -0.3 is 10.4 Å². The molecule has 2 aromatic carbocycles. The molecule has 1 aromatic heterocycles. The van der Waals surface area contributed by atoms with Crippen molar-refractivity contribution < 1.29 is 9.90 Å². The first kappa shape index (κ1) is 15.6. The van der Waals surface area contributed by atoms with E-state index in [2.05, 4.69) is 21.9 Å². The number of rotatable bonds is 3. The third-order valence-corrected chi connectivity index (χ3v) is 4.73. The second-order valence-corrected chi connectivity index (χ2v) is 6.38. The largest absolute Gasteiger partial charge is 0.478 e. The van der Waals surface area contributed by atoms with E-state index in [0.29, 0.717) is 17.1 Å². The zero-order valence-corrected chi connectivity index (χ0v) is 13.9. The Morgan fingerprint density at radius 2 is 2.08 bits per heavy atom. The van der Waals surface area contributed by atoms with E-state index in [-0.39, 0.29) is 11.5 Å². The summed E-state index contributed by atoms with van der Waals surface area (Å²) in [5.74, 6) is -0.994. The Morgan fingerprint density at radius 1 is 1.24 bits per heavy atom. The van der Waals surface area contributed by atoms with Gasteiger partial charge in [0.1, 0.15) is 6.33 Å². The van der Waals surface area contributed by atoms with Crippen LogP contribution in [0.1, 0.15) is 22.7 Å². The lowest BCUT2D eigenvalue weighted by Gasteiger charge is -2.13. The van der Waals surface area contributed by atoms with Gasteiger partial charge in [0.25, 0.3) is 0 Å². The zero-order chi connectivity index (χ0) is 17.6. The quantitative estimate of drug-likeness (QED) is 0.699. The number of nitrogens with one attached hydrogen (secondary N) is 1. The summed E-state index contributed by atoms with van der Waals surface area (Å²) in [7, 11) is 0. The number of fused-ring (bicyclic) bond motifs is 2. The lowest BCUT2D eigenvalue weighted by atomic mass is 9.93. The highest BCUT2D eigenvalue weighted by atomic mass is 35.5. The number of hydrogen-bond acceptors (Lipinski definition) is 4. The minimum Gasteiger partial charge on any atom is -0.478 e. The Balaban J connectivity index is 1.87. The molecule has 5 nitrogen and oxygen atoms in total. The number of nitrogens with zero attached hydrogens (tertiary/aromatic N) is 2.